The Bertz CT molecular complexity index is 418. The van der Waals surface area contributed by atoms with Crippen molar-refractivity contribution in [1.29, 1.82) is 5.26 Å². The van der Waals surface area contributed by atoms with Crippen molar-refractivity contribution in [2.75, 3.05) is 6.54 Å². The average molecular weight is 281 g/mol. The van der Waals surface area contributed by atoms with Crippen LogP contribution >= 0.6 is 15.9 Å². The third-order valence-electron chi connectivity index (χ3n) is 2.42. The van der Waals surface area contributed by atoms with Crippen molar-refractivity contribution in [3.05, 3.63) is 34.3 Å². The summed E-state index contributed by atoms with van der Waals surface area (Å²) < 4.78 is 1.02. The Hall–Kier alpha value is -1.34. The SMILES string of the molecule is CC(C)(CNC(=O)C#N)c1ccc(Br)cc1. The van der Waals surface area contributed by atoms with Gasteiger partial charge in [-0.1, -0.05) is 41.9 Å². The highest BCUT2D eigenvalue weighted by molar-refractivity contribution is 9.10. The van der Waals surface area contributed by atoms with Gasteiger partial charge in [0.15, 0.2) is 6.07 Å². The van der Waals surface area contributed by atoms with Crippen LogP contribution in [0.3, 0.4) is 0 Å². The van der Waals surface area contributed by atoms with Crippen molar-refractivity contribution in [1.82, 2.24) is 5.32 Å². The van der Waals surface area contributed by atoms with E-state index in [4.69, 9.17) is 5.26 Å². The van der Waals surface area contributed by atoms with E-state index in [-0.39, 0.29) is 5.41 Å². The zero-order valence-corrected chi connectivity index (χ0v) is 10.8. The van der Waals surface area contributed by atoms with Gasteiger partial charge in [-0.15, -0.1) is 0 Å². The van der Waals surface area contributed by atoms with Crippen LogP contribution in [0.15, 0.2) is 28.7 Å². The molecule has 0 fully saturated rings. The quantitative estimate of drug-likeness (QED) is 0.865. The van der Waals surface area contributed by atoms with Crippen LogP contribution in [0, 0.1) is 11.3 Å². The van der Waals surface area contributed by atoms with Crippen molar-refractivity contribution in [2.24, 2.45) is 0 Å². The number of hydrogen-bond acceptors (Lipinski definition) is 2. The lowest BCUT2D eigenvalue weighted by atomic mass is 9.84. The number of benzene rings is 1. The Labute approximate surface area is 104 Å². The van der Waals surface area contributed by atoms with E-state index in [1.54, 1.807) is 6.07 Å². The van der Waals surface area contributed by atoms with Crippen LogP contribution in [0.4, 0.5) is 0 Å². The number of carbonyl (C=O) groups is 1. The molecule has 0 aromatic heterocycles. The van der Waals surface area contributed by atoms with Gasteiger partial charge < -0.3 is 5.32 Å². The van der Waals surface area contributed by atoms with E-state index in [2.05, 4.69) is 21.2 Å². The van der Waals surface area contributed by atoms with E-state index < -0.39 is 5.91 Å². The molecule has 3 nitrogen and oxygen atoms in total. The smallest absolute Gasteiger partial charge is 0.322 e. The van der Waals surface area contributed by atoms with Gasteiger partial charge in [-0.05, 0) is 17.7 Å². The summed E-state index contributed by atoms with van der Waals surface area (Å²) in [5, 5.41) is 10.9. The van der Waals surface area contributed by atoms with Gasteiger partial charge in [0.2, 0.25) is 0 Å². The Balaban J connectivity index is 2.74. The second kappa shape index (κ2) is 5.13. The van der Waals surface area contributed by atoms with Gasteiger partial charge in [0.25, 0.3) is 0 Å². The lowest BCUT2D eigenvalue weighted by molar-refractivity contribution is -0.116. The highest BCUT2D eigenvalue weighted by atomic mass is 79.9. The number of nitriles is 1. The molecule has 1 N–H and O–H groups in total. The Morgan fingerprint density at radius 2 is 2.00 bits per heavy atom. The first-order valence-corrected chi connectivity index (χ1v) is 5.69. The molecule has 4 heteroatoms. The van der Waals surface area contributed by atoms with Crippen LogP contribution in [0.5, 0.6) is 0 Å². The minimum absolute atomic E-state index is 0.187. The molecule has 1 aromatic carbocycles. The molecule has 0 atom stereocenters. The Morgan fingerprint density at radius 1 is 1.44 bits per heavy atom. The topological polar surface area (TPSA) is 52.9 Å². The fourth-order valence-electron chi connectivity index (χ4n) is 1.34. The van der Waals surface area contributed by atoms with Crippen molar-refractivity contribution >= 4 is 21.8 Å². The number of nitrogens with zero attached hydrogens (tertiary/aromatic N) is 1. The van der Waals surface area contributed by atoms with E-state index in [0.29, 0.717) is 6.54 Å². The monoisotopic (exact) mass is 280 g/mol. The molecule has 0 heterocycles. The third-order valence-corrected chi connectivity index (χ3v) is 2.95. The third kappa shape index (κ3) is 3.35. The van der Waals surface area contributed by atoms with Crippen LogP contribution < -0.4 is 5.32 Å². The summed E-state index contributed by atoms with van der Waals surface area (Å²) in [6.45, 7) is 4.49. The van der Waals surface area contributed by atoms with Gasteiger partial charge in [0.1, 0.15) is 0 Å². The molecule has 0 aliphatic rings. The Kier molecular flexibility index (Phi) is 4.08. The first-order valence-electron chi connectivity index (χ1n) is 4.90. The predicted octanol–water partition coefficient (Wildman–Crippen LogP) is 2.37. The van der Waals surface area contributed by atoms with Crippen LogP contribution in [0.2, 0.25) is 0 Å². The molecule has 0 saturated carbocycles. The number of hydrogen-bond donors (Lipinski definition) is 1. The average Bonchev–Trinajstić information content (AvgIpc) is 2.26. The lowest BCUT2D eigenvalue weighted by Crippen LogP contribution is -2.35. The molecule has 1 rings (SSSR count). The first kappa shape index (κ1) is 12.7. The van der Waals surface area contributed by atoms with Crippen molar-refractivity contribution in [2.45, 2.75) is 19.3 Å². The first-order chi connectivity index (χ1) is 7.45. The zero-order chi connectivity index (χ0) is 12.2. The molecule has 0 saturated heterocycles. The molecular formula is C12H13BrN2O. The Morgan fingerprint density at radius 3 is 2.50 bits per heavy atom. The maximum atomic E-state index is 10.9. The van der Waals surface area contributed by atoms with Gasteiger partial charge in [-0.25, -0.2) is 0 Å². The fourth-order valence-corrected chi connectivity index (χ4v) is 1.61. The summed E-state index contributed by atoms with van der Waals surface area (Å²) in [5.41, 5.74) is 0.932. The number of rotatable bonds is 3. The van der Waals surface area contributed by atoms with E-state index in [0.717, 1.165) is 10.0 Å². The maximum Gasteiger partial charge on any atom is 0.322 e. The summed E-state index contributed by atoms with van der Waals surface area (Å²) >= 11 is 3.37. The summed E-state index contributed by atoms with van der Waals surface area (Å²) in [6, 6.07) is 9.47. The van der Waals surface area contributed by atoms with Crippen LogP contribution in [-0.2, 0) is 10.2 Å². The van der Waals surface area contributed by atoms with E-state index in [1.165, 1.54) is 0 Å². The molecule has 0 aliphatic heterocycles. The minimum atomic E-state index is -0.592. The standard InChI is InChI=1S/C12H13BrN2O/c1-12(2,8-15-11(16)7-14)9-3-5-10(13)6-4-9/h3-6H,8H2,1-2H3,(H,15,16). The van der Waals surface area contributed by atoms with Crippen LogP contribution in [-0.4, -0.2) is 12.5 Å². The number of halogens is 1. The molecule has 0 unspecified atom stereocenters. The summed E-state index contributed by atoms with van der Waals surface area (Å²) in [7, 11) is 0. The van der Waals surface area contributed by atoms with Crippen molar-refractivity contribution < 1.29 is 4.79 Å². The molecule has 0 aliphatic carbocycles. The molecule has 16 heavy (non-hydrogen) atoms. The van der Waals surface area contributed by atoms with E-state index >= 15 is 0 Å². The molecule has 0 spiro atoms. The second-order valence-corrected chi connectivity index (χ2v) is 5.10. The zero-order valence-electron chi connectivity index (χ0n) is 9.25. The molecule has 0 bridgehead atoms. The van der Waals surface area contributed by atoms with Crippen molar-refractivity contribution in [3.8, 4) is 6.07 Å². The molecule has 0 radical (unpaired) electrons. The fraction of sp³-hybridized carbons (Fsp3) is 0.333. The largest absolute Gasteiger partial charge is 0.343 e. The molecule has 1 amide bonds. The van der Waals surface area contributed by atoms with Gasteiger partial charge in [0, 0.05) is 16.4 Å². The van der Waals surface area contributed by atoms with Crippen LogP contribution in [0.25, 0.3) is 0 Å². The molecule has 84 valence electrons. The molecular weight excluding hydrogens is 268 g/mol. The van der Waals surface area contributed by atoms with E-state index in [1.807, 2.05) is 38.1 Å². The number of nitrogens with one attached hydrogen (secondary N) is 1. The van der Waals surface area contributed by atoms with Gasteiger partial charge in [0.05, 0.1) is 0 Å². The lowest BCUT2D eigenvalue weighted by Gasteiger charge is -2.25. The second-order valence-electron chi connectivity index (χ2n) is 4.19. The summed E-state index contributed by atoms with van der Waals surface area (Å²) in [4.78, 5) is 10.9. The molecule has 1 aromatic rings. The number of amides is 1. The van der Waals surface area contributed by atoms with Crippen molar-refractivity contribution in [3.63, 3.8) is 0 Å². The highest BCUT2D eigenvalue weighted by Gasteiger charge is 2.21. The van der Waals surface area contributed by atoms with Gasteiger partial charge >= 0.3 is 5.91 Å². The normalized spacial score (nSPS) is 10.6. The highest BCUT2D eigenvalue weighted by Crippen LogP contribution is 2.23. The predicted molar refractivity (Wildman–Crippen MR) is 65.8 cm³/mol. The van der Waals surface area contributed by atoms with Crippen LogP contribution in [0.1, 0.15) is 19.4 Å². The maximum absolute atomic E-state index is 10.9. The summed E-state index contributed by atoms with van der Waals surface area (Å²) in [6.07, 6.45) is 0. The number of carbonyl (C=O) groups excluding carboxylic acids is 1. The van der Waals surface area contributed by atoms with E-state index in [9.17, 15) is 4.79 Å². The van der Waals surface area contributed by atoms with Gasteiger partial charge in [-0.3, -0.25) is 4.79 Å². The minimum Gasteiger partial charge on any atom is -0.343 e. The summed E-state index contributed by atoms with van der Waals surface area (Å²) in [5.74, 6) is -0.592. The van der Waals surface area contributed by atoms with Gasteiger partial charge in [-0.2, -0.15) is 5.26 Å².